The van der Waals surface area contributed by atoms with Crippen molar-refractivity contribution in [2.24, 2.45) is 0 Å². The van der Waals surface area contributed by atoms with Crippen molar-refractivity contribution in [3.63, 3.8) is 0 Å². The first kappa shape index (κ1) is 20.7. The number of benzene rings is 3. The normalized spacial score (nSPS) is 14.1. The second kappa shape index (κ2) is 7.85. The fraction of sp³-hybridized carbons (Fsp3) is 0.214. The summed E-state index contributed by atoms with van der Waals surface area (Å²) in [4.78, 5) is 14.6. The summed E-state index contributed by atoms with van der Waals surface area (Å²) < 4.78 is 7.73. The third kappa shape index (κ3) is 3.30. The summed E-state index contributed by atoms with van der Waals surface area (Å²) in [5.41, 5.74) is 6.98. The van der Waals surface area contributed by atoms with Crippen molar-refractivity contribution in [1.82, 2.24) is 14.6 Å². The third-order valence-electron chi connectivity index (χ3n) is 6.77. The molecule has 0 saturated carbocycles. The highest BCUT2D eigenvalue weighted by Gasteiger charge is 2.29. The van der Waals surface area contributed by atoms with Gasteiger partial charge in [-0.1, -0.05) is 47.6 Å². The van der Waals surface area contributed by atoms with Crippen LogP contribution in [0.2, 0.25) is 0 Å². The number of β-amino-alcohol motifs (C(OH)–C–C–N with tert-alkyl or cyclic N) is 1. The lowest BCUT2D eigenvalue weighted by Crippen LogP contribution is -2.53. The molecule has 34 heavy (non-hydrogen) atoms. The van der Waals surface area contributed by atoms with E-state index < -0.39 is 6.10 Å². The van der Waals surface area contributed by atoms with Crippen molar-refractivity contribution in [1.29, 1.82) is 0 Å². The molecule has 0 radical (unpaired) electrons. The van der Waals surface area contributed by atoms with Crippen LogP contribution in [0, 0.1) is 13.8 Å². The van der Waals surface area contributed by atoms with Gasteiger partial charge in [-0.2, -0.15) is 0 Å². The van der Waals surface area contributed by atoms with E-state index in [0.29, 0.717) is 18.7 Å². The number of nitrogens with zero attached hydrogens (tertiary/aromatic N) is 3. The number of aryl methyl sites for hydroxylation is 2. The van der Waals surface area contributed by atoms with E-state index in [0.717, 1.165) is 50.9 Å². The molecular formula is C28H25N3O3. The molecule has 0 unspecified atom stereocenters. The predicted molar refractivity (Wildman–Crippen MR) is 132 cm³/mol. The van der Waals surface area contributed by atoms with Crippen molar-refractivity contribution in [2.75, 3.05) is 13.1 Å². The van der Waals surface area contributed by atoms with Crippen LogP contribution in [0.3, 0.4) is 0 Å². The Morgan fingerprint density at radius 3 is 2.50 bits per heavy atom. The van der Waals surface area contributed by atoms with Gasteiger partial charge in [0.05, 0.1) is 17.3 Å². The van der Waals surface area contributed by atoms with Crippen molar-refractivity contribution < 1.29 is 14.4 Å². The Kier molecular flexibility index (Phi) is 4.78. The minimum Gasteiger partial charge on any atom is -0.389 e. The second-order valence-electron chi connectivity index (χ2n) is 9.10. The minimum atomic E-state index is -0.414. The third-order valence-corrected chi connectivity index (χ3v) is 6.77. The molecule has 2 aromatic heterocycles. The molecule has 1 saturated heterocycles. The van der Waals surface area contributed by atoms with Crippen LogP contribution in [0.1, 0.15) is 27.4 Å². The SMILES string of the molecule is Cc1noc(C)c1-c1ccc2c3cc(C(=O)N4CC(O)C4)ccc3n(Cc3ccccc3)c2c1. The highest BCUT2D eigenvalue weighted by atomic mass is 16.5. The van der Waals surface area contributed by atoms with Gasteiger partial charge in [0.25, 0.3) is 5.91 Å². The Balaban J connectivity index is 1.54. The number of hydrogen-bond donors (Lipinski definition) is 1. The number of carbonyl (C=O) groups is 1. The number of rotatable bonds is 4. The molecule has 0 aliphatic carbocycles. The number of likely N-dealkylation sites (tertiary alicyclic amines) is 1. The van der Waals surface area contributed by atoms with Gasteiger partial charge < -0.3 is 19.1 Å². The van der Waals surface area contributed by atoms with E-state index in [-0.39, 0.29) is 5.91 Å². The average molecular weight is 452 g/mol. The Hall–Kier alpha value is -3.90. The summed E-state index contributed by atoms with van der Waals surface area (Å²) in [6.07, 6.45) is -0.414. The Labute approximate surface area is 197 Å². The Morgan fingerprint density at radius 2 is 1.79 bits per heavy atom. The lowest BCUT2D eigenvalue weighted by atomic mass is 10.0. The van der Waals surface area contributed by atoms with E-state index in [1.165, 1.54) is 5.56 Å². The fourth-order valence-electron chi connectivity index (χ4n) is 5.02. The molecule has 170 valence electrons. The maximum Gasteiger partial charge on any atom is 0.254 e. The summed E-state index contributed by atoms with van der Waals surface area (Å²) in [6.45, 7) is 5.40. The van der Waals surface area contributed by atoms with E-state index in [1.54, 1.807) is 4.90 Å². The first-order valence-corrected chi connectivity index (χ1v) is 11.5. The number of fused-ring (bicyclic) bond motifs is 3. The van der Waals surface area contributed by atoms with Gasteiger partial charge in [-0.15, -0.1) is 0 Å². The van der Waals surface area contributed by atoms with Crippen LogP contribution in [0.25, 0.3) is 32.9 Å². The first-order chi connectivity index (χ1) is 16.5. The van der Waals surface area contributed by atoms with E-state index in [2.05, 4.69) is 52.2 Å². The topological polar surface area (TPSA) is 71.5 Å². The van der Waals surface area contributed by atoms with Gasteiger partial charge in [0.2, 0.25) is 0 Å². The summed E-state index contributed by atoms with van der Waals surface area (Å²) in [7, 11) is 0. The lowest BCUT2D eigenvalue weighted by molar-refractivity contribution is 0.00591. The molecule has 6 nitrogen and oxygen atoms in total. The number of carbonyl (C=O) groups excluding carboxylic acids is 1. The number of aliphatic hydroxyl groups excluding tert-OH is 1. The summed E-state index contributed by atoms with van der Waals surface area (Å²) in [5, 5.41) is 15.9. The summed E-state index contributed by atoms with van der Waals surface area (Å²) in [6, 6.07) is 22.7. The lowest BCUT2D eigenvalue weighted by Gasteiger charge is -2.35. The van der Waals surface area contributed by atoms with E-state index >= 15 is 0 Å². The van der Waals surface area contributed by atoms with Gasteiger partial charge in [-0.05, 0) is 49.2 Å². The zero-order valence-corrected chi connectivity index (χ0v) is 19.2. The Bertz CT molecular complexity index is 1520. The van der Waals surface area contributed by atoms with Crippen LogP contribution in [0.15, 0.2) is 71.3 Å². The van der Waals surface area contributed by atoms with E-state index in [9.17, 15) is 9.90 Å². The van der Waals surface area contributed by atoms with Crippen LogP contribution >= 0.6 is 0 Å². The molecule has 3 aromatic carbocycles. The van der Waals surface area contributed by atoms with Crippen LogP contribution in [0.4, 0.5) is 0 Å². The number of aliphatic hydroxyl groups is 1. The first-order valence-electron chi connectivity index (χ1n) is 11.5. The van der Waals surface area contributed by atoms with Crippen molar-refractivity contribution in [2.45, 2.75) is 26.5 Å². The van der Waals surface area contributed by atoms with Crippen molar-refractivity contribution in [3.8, 4) is 11.1 Å². The van der Waals surface area contributed by atoms with E-state index in [4.69, 9.17) is 4.52 Å². The van der Waals surface area contributed by atoms with Gasteiger partial charge >= 0.3 is 0 Å². The van der Waals surface area contributed by atoms with Crippen molar-refractivity contribution in [3.05, 3.63) is 89.3 Å². The molecule has 5 aromatic rings. The Morgan fingerprint density at radius 1 is 1.00 bits per heavy atom. The quantitative estimate of drug-likeness (QED) is 0.421. The van der Waals surface area contributed by atoms with Crippen molar-refractivity contribution >= 4 is 27.7 Å². The van der Waals surface area contributed by atoms with Gasteiger partial charge in [0.15, 0.2) is 0 Å². The number of aromatic nitrogens is 2. The molecule has 1 aliphatic rings. The smallest absolute Gasteiger partial charge is 0.254 e. The molecule has 1 N–H and O–H groups in total. The number of hydrogen-bond acceptors (Lipinski definition) is 4. The monoisotopic (exact) mass is 451 g/mol. The van der Waals surface area contributed by atoms with Gasteiger partial charge in [0, 0.05) is 47.1 Å². The molecule has 0 spiro atoms. The molecule has 1 amide bonds. The van der Waals surface area contributed by atoms with E-state index in [1.807, 2.05) is 38.1 Å². The van der Waals surface area contributed by atoms with Crippen LogP contribution in [0.5, 0.6) is 0 Å². The van der Waals surface area contributed by atoms with Crippen LogP contribution in [-0.2, 0) is 6.54 Å². The fourth-order valence-corrected chi connectivity index (χ4v) is 5.02. The predicted octanol–water partition coefficient (Wildman–Crippen LogP) is 4.93. The number of amides is 1. The van der Waals surface area contributed by atoms with Gasteiger partial charge in [-0.3, -0.25) is 4.79 Å². The highest BCUT2D eigenvalue weighted by Crippen LogP contribution is 2.35. The molecule has 6 rings (SSSR count). The van der Waals surface area contributed by atoms with Crippen LogP contribution in [-0.4, -0.2) is 44.8 Å². The molecule has 3 heterocycles. The maximum absolute atomic E-state index is 12.9. The minimum absolute atomic E-state index is 0.0384. The highest BCUT2D eigenvalue weighted by molar-refractivity contribution is 6.11. The molecule has 0 bridgehead atoms. The van der Waals surface area contributed by atoms with Gasteiger partial charge in [0.1, 0.15) is 5.76 Å². The standard InChI is InChI=1S/C28H25N3O3/c1-17-27(18(2)34-29-17)20-8-10-23-24-12-21(28(33)30-15-22(32)16-30)9-11-25(24)31(26(23)13-20)14-19-6-4-3-5-7-19/h3-13,22,32H,14-16H2,1-2H3. The zero-order chi connectivity index (χ0) is 23.4. The molecule has 1 aliphatic heterocycles. The molecule has 1 fully saturated rings. The van der Waals surface area contributed by atoms with Crippen LogP contribution < -0.4 is 0 Å². The zero-order valence-electron chi connectivity index (χ0n) is 19.2. The van der Waals surface area contributed by atoms with Gasteiger partial charge in [-0.25, -0.2) is 0 Å². The average Bonchev–Trinajstić information content (AvgIpc) is 3.32. The summed E-state index contributed by atoms with van der Waals surface area (Å²) >= 11 is 0. The summed E-state index contributed by atoms with van der Waals surface area (Å²) in [5.74, 6) is 0.760. The molecular weight excluding hydrogens is 426 g/mol. The largest absolute Gasteiger partial charge is 0.389 e. The second-order valence-corrected chi connectivity index (χ2v) is 9.10. The molecule has 0 atom stereocenters. The molecule has 6 heteroatoms. The maximum atomic E-state index is 12.9.